The van der Waals surface area contributed by atoms with Crippen LogP contribution in [0.15, 0.2) is 39.3 Å². The minimum atomic E-state index is -0.166. The van der Waals surface area contributed by atoms with Gasteiger partial charge in [0, 0.05) is 16.1 Å². The normalized spacial score (nSPS) is 10.2. The second-order valence-corrected chi connectivity index (χ2v) is 4.74. The Morgan fingerprint density at radius 1 is 1.35 bits per heavy atom. The molecule has 1 aromatic heterocycles. The van der Waals surface area contributed by atoms with Crippen LogP contribution in [0.2, 0.25) is 0 Å². The number of hydrogen-bond acceptors (Lipinski definition) is 3. The molecular weight excluding hydrogens is 352 g/mol. The Morgan fingerprint density at radius 2 is 2.06 bits per heavy atom. The van der Waals surface area contributed by atoms with Gasteiger partial charge in [-0.2, -0.15) is 0 Å². The molecule has 0 saturated carbocycles. The van der Waals surface area contributed by atoms with Crippen LogP contribution in [0.4, 0.5) is 5.82 Å². The van der Waals surface area contributed by atoms with Crippen LogP contribution in [0.5, 0.6) is 0 Å². The number of rotatable bonds is 3. The summed E-state index contributed by atoms with van der Waals surface area (Å²) in [6, 6.07) is 9.31. The number of anilines is 1. The van der Waals surface area contributed by atoms with Gasteiger partial charge in [-0.15, -0.1) is 0 Å². The second kappa shape index (κ2) is 5.46. The van der Waals surface area contributed by atoms with E-state index in [2.05, 4.69) is 42.3 Å². The van der Waals surface area contributed by atoms with Crippen LogP contribution in [-0.4, -0.2) is 16.4 Å². The standard InChI is InChI=1S/C11H8Br2N2O2/c12-6-11(16)14-10-5-9(17-15-10)7-1-3-8(13)4-2-7/h1-5H,6H2,(H,14,15,16). The zero-order valence-electron chi connectivity index (χ0n) is 8.61. The summed E-state index contributed by atoms with van der Waals surface area (Å²) in [7, 11) is 0. The van der Waals surface area contributed by atoms with E-state index in [4.69, 9.17) is 4.52 Å². The van der Waals surface area contributed by atoms with Gasteiger partial charge in [-0.25, -0.2) is 0 Å². The van der Waals surface area contributed by atoms with Crippen LogP contribution in [0.25, 0.3) is 11.3 Å². The van der Waals surface area contributed by atoms with Crippen LogP contribution in [-0.2, 0) is 4.79 Å². The second-order valence-electron chi connectivity index (χ2n) is 3.27. The minimum absolute atomic E-state index is 0.166. The van der Waals surface area contributed by atoms with Crippen LogP contribution in [0.3, 0.4) is 0 Å². The fourth-order valence-electron chi connectivity index (χ4n) is 1.26. The molecule has 0 saturated heterocycles. The van der Waals surface area contributed by atoms with Crippen molar-refractivity contribution in [1.29, 1.82) is 0 Å². The number of alkyl halides is 1. The van der Waals surface area contributed by atoms with E-state index in [1.54, 1.807) is 6.07 Å². The molecule has 0 aliphatic heterocycles. The number of nitrogens with one attached hydrogen (secondary N) is 1. The summed E-state index contributed by atoms with van der Waals surface area (Å²) in [6.45, 7) is 0. The highest BCUT2D eigenvalue weighted by Gasteiger charge is 2.08. The van der Waals surface area contributed by atoms with E-state index in [0.29, 0.717) is 11.6 Å². The number of halogens is 2. The average Bonchev–Trinajstić information content (AvgIpc) is 2.78. The Bertz CT molecular complexity index is 523. The van der Waals surface area contributed by atoms with E-state index in [1.165, 1.54) is 0 Å². The van der Waals surface area contributed by atoms with Gasteiger partial charge in [0.1, 0.15) is 0 Å². The third-order valence-corrected chi connectivity index (χ3v) is 3.07. The molecule has 0 aliphatic carbocycles. The molecule has 2 aromatic rings. The van der Waals surface area contributed by atoms with Crippen LogP contribution >= 0.6 is 31.9 Å². The first-order valence-electron chi connectivity index (χ1n) is 4.77. The van der Waals surface area contributed by atoms with Gasteiger partial charge in [-0.3, -0.25) is 4.79 Å². The Kier molecular flexibility index (Phi) is 3.96. The molecule has 1 aromatic carbocycles. The van der Waals surface area contributed by atoms with Crippen molar-refractivity contribution in [3.8, 4) is 11.3 Å². The molecule has 0 radical (unpaired) electrons. The predicted molar refractivity (Wildman–Crippen MR) is 72.1 cm³/mol. The van der Waals surface area contributed by atoms with Crippen molar-refractivity contribution in [2.75, 3.05) is 10.6 Å². The molecule has 0 spiro atoms. The van der Waals surface area contributed by atoms with Crippen molar-refractivity contribution < 1.29 is 9.32 Å². The summed E-state index contributed by atoms with van der Waals surface area (Å²) < 4.78 is 6.13. The van der Waals surface area contributed by atoms with Crippen LogP contribution in [0.1, 0.15) is 0 Å². The molecule has 1 N–H and O–H groups in total. The lowest BCUT2D eigenvalue weighted by atomic mass is 10.2. The third kappa shape index (κ3) is 3.17. The lowest BCUT2D eigenvalue weighted by Gasteiger charge is -1.95. The van der Waals surface area contributed by atoms with Crippen molar-refractivity contribution in [2.45, 2.75) is 0 Å². The zero-order valence-corrected chi connectivity index (χ0v) is 11.8. The minimum Gasteiger partial charge on any atom is -0.354 e. The fourth-order valence-corrected chi connectivity index (χ4v) is 1.67. The van der Waals surface area contributed by atoms with Crippen LogP contribution in [0, 0.1) is 0 Å². The topological polar surface area (TPSA) is 55.1 Å². The smallest absolute Gasteiger partial charge is 0.236 e. The molecule has 1 heterocycles. The van der Waals surface area contributed by atoms with Crippen molar-refractivity contribution in [3.63, 3.8) is 0 Å². The van der Waals surface area contributed by atoms with Crippen LogP contribution < -0.4 is 5.32 Å². The highest BCUT2D eigenvalue weighted by atomic mass is 79.9. The molecule has 17 heavy (non-hydrogen) atoms. The highest BCUT2D eigenvalue weighted by molar-refractivity contribution is 9.10. The largest absolute Gasteiger partial charge is 0.354 e. The van der Waals surface area contributed by atoms with Crippen molar-refractivity contribution in [3.05, 3.63) is 34.8 Å². The van der Waals surface area contributed by atoms with Gasteiger partial charge in [-0.1, -0.05) is 49.1 Å². The third-order valence-electron chi connectivity index (χ3n) is 2.03. The molecule has 0 bridgehead atoms. The van der Waals surface area contributed by atoms with E-state index >= 15 is 0 Å². The van der Waals surface area contributed by atoms with Crippen molar-refractivity contribution in [1.82, 2.24) is 5.16 Å². The van der Waals surface area contributed by atoms with Crippen molar-refractivity contribution >= 4 is 43.6 Å². The van der Waals surface area contributed by atoms with Gasteiger partial charge in [0.05, 0.1) is 5.33 Å². The first-order valence-corrected chi connectivity index (χ1v) is 6.69. The Hall–Kier alpha value is -1.14. The predicted octanol–water partition coefficient (Wildman–Crippen LogP) is 3.44. The lowest BCUT2D eigenvalue weighted by Crippen LogP contribution is -2.12. The van der Waals surface area contributed by atoms with Gasteiger partial charge in [0.2, 0.25) is 5.91 Å². The number of carbonyl (C=O) groups excluding carboxylic acids is 1. The van der Waals surface area contributed by atoms with E-state index < -0.39 is 0 Å². The SMILES string of the molecule is O=C(CBr)Nc1cc(-c2ccc(Br)cc2)on1. The zero-order chi connectivity index (χ0) is 12.3. The maximum absolute atomic E-state index is 11.1. The molecule has 0 unspecified atom stereocenters. The fraction of sp³-hybridized carbons (Fsp3) is 0.0909. The first-order chi connectivity index (χ1) is 8.19. The molecule has 6 heteroatoms. The number of amides is 1. The summed E-state index contributed by atoms with van der Waals surface area (Å²) in [4.78, 5) is 11.1. The number of nitrogens with zero attached hydrogens (tertiary/aromatic N) is 1. The van der Waals surface area contributed by atoms with E-state index in [1.807, 2.05) is 24.3 Å². The molecule has 2 rings (SSSR count). The molecule has 0 atom stereocenters. The van der Waals surface area contributed by atoms with Gasteiger partial charge in [0.25, 0.3) is 0 Å². The Morgan fingerprint density at radius 3 is 2.71 bits per heavy atom. The quantitative estimate of drug-likeness (QED) is 0.854. The van der Waals surface area contributed by atoms with Crippen molar-refractivity contribution in [2.24, 2.45) is 0 Å². The summed E-state index contributed by atoms with van der Waals surface area (Å²) >= 11 is 6.41. The number of hydrogen-bond donors (Lipinski definition) is 1. The number of benzene rings is 1. The monoisotopic (exact) mass is 358 g/mol. The number of carbonyl (C=O) groups is 1. The maximum Gasteiger partial charge on any atom is 0.236 e. The molecule has 1 amide bonds. The van der Waals surface area contributed by atoms with E-state index in [-0.39, 0.29) is 11.2 Å². The summed E-state index contributed by atoms with van der Waals surface area (Å²) in [6.07, 6.45) is 0. The first kappa shape index (κ1) is 12.3. The van der Waals surface area contributed by atoms with Gasteiger partial charge in [0.15, 0.2) is 11.6 Å². The number of aromatic nitrogens is 1. The van der Waals surface area contributed by atoms with E-state index in [0.717, 1.165) is 10.0 Å². The molecule has 0 aliphatic rings. The molecule has 0 fully saturated rings. The van der Waals surface area contributed by atoms with Gasteiger partial charge >= 0.3 is 0 Å². The summed E-state index contributed by atoms with van der Waals surface area (Å²) in [5.74, 6) is 0.857. The summed E-state index contributed by atoms with van der Waals surface area (Å²) in [5.41, 5.74) is 0.903. The highest BCUT2D eigenvalue weighted by Crippen LogP contribution is 2.24. The molecule has 4 nitrogen and oxygen atoms in total. The molecular formula is C11H8Br2N2O2. The van der Waals surface area contributed by atoms with Gasteiger partial charge in [-0.05, 0) is 12.1 Å². The molecule has 88 valence electrons. The van der Waals surface area contributed by atoms with E-state index in [9.17, 15) is 4.79 Å². The summed E-state index contributed by atoms with van der Waals surface area (Å²) in [5, 5.41) is 6.59. The average molecular weight is 360 g/mol. The Labute approximate surface area is 115 Å². The van der Waals surface area contributed by atoms with Gasteiger partial charge < -0.3 is 9.84 Å². The lowest BCUT2D eigenvalue weighted by molar-refractivity contribution is -0.113. The Balaban J connectivity index is 2.18. The maximum atomic E-state index is 11.1.